The number of nitrogens with zero attached hydrogens (tertiary/aromatic N) is 1. The maximum absolute atomic E-state index is 12.6. The molecular weight excluding hydrogens is 424 g/mol. The van der Waals surface area contributed by atoms with Gasteiger partial charge in [-0.3, -0.25) is 0 Å². The summed E-state index contributed by atoms with van der Waals surface area (Å²) in [5, 5.41) is 0. The fourth-order valence-corrected chi connectivity index (χ4v) is 5.80. The second-order valence-corrected chi connectivity index (χ2v) is 11.1. The molecule has 156 valence electrons. The van der Waals surface area contributed by atoms with Crippen LogP contribution in [0.2, 0.25) is 0 Å². The molecule has 0 saturated heterocycles. The normalized spacial score (nSPS) is 12.3. The number of ether oxygens (including phenoxy) is 2. The van der Waals surface area contributed by atoms with E-state index in [2.05, 4.69) is 4.72 Å². The summed E-state index contributed by atoms with van der Waals surface area (Å²) in [6.45, 7) is 4.41. The van der Waals surface area contributed by atoms with E-state index in [0.29, 0.717) is 29.6 Å². The van der Waals surface area contributed by atoms with E-state index >= 15 is 0 Å². The lowest BCUT2D eigenvalue weighted by Crippen LogP contribution is -2.23. The van der Waals surface area contributed by atoms with Crippen LogP contribution < -0.4 is 14.2 Å². The first-order valence-electron chi connectivity index (χ1n) is 8.52. The molecule has 0 bridgehead atoms. The summed E-state index contributed by atoms with van der Waals surface area (Å²) in [4.78, 5) is 0.622. The summed E-state index contributed by atoms with van der Waals surface area (Å²) < 4.78 is 64.1. The number of hydrogen-bond donors (Lipinski definition) is 1. The lowest BCUT2D eigenvalue weighted by Gasteiger charge is -2.13. The Labute approximate surface area is 170 Å². The van der Waals surface area contributed by atoms with Gasteiger partial charge in [0.15, 0.2) is 11.5 Å². The summed E-state index contributed by atoms with van der Waals surface area (Å²) in [5.74, 6) is 0.822. The fraction of sp³-hybridized carbons (Fsp3) is 0.412. The molecule has 0 unspecified atom stereocenters. The third kappa shape index (κ3) is 5.23. The topological polar surface area (TPSA) is 102 Å². The van der Waals surface area contributed by atoms with E-state index in [-0.39, 0.29) is 15.6 Å². The minimum atomic E-state index is -3.81. The molecule has 0 saturated carbocycles. The first-order chi connectivity index (χ1) is 13.1. The molecule has 0 aliphatic heterocycles. The van der Waals surface area contributed by atoms with E-state index in [1.807, 2.05) is 6.92 Å². The van der Waals surface area contributed by atoms with Crippen molar-refractivity contribution in [2.24, 2.45) is 0 Å². The minimum absolute atomic E-state index is 0.0207. The van der Waals surface area contributed by atoms with Crippen LogP contribution in [-0.4, -0.2) is 48.4 Å². The second kappa shape index (κ2) is 9.23. The molecule has 8 nitrogen and oxygen atoms in total. The Balaban J connectivity index is 2.18. The SMILES string of the molecule is CCOc1ccc(S(=O)(=O)NCc2ccc(S(=O)(=O)N(C)C)s2)cc1OCC. The molecule has 28 heavy (non-hydrogen) atoms. The number of thiophene rings is 1. The molecule has 1 N–H and O–H groups in total. The molecule has 2 aromatic rings. The van der Waals surface area contributed by atoms with Gasteiger partial charge >= 0.3 is 0 Å². The average molecular weight is 449 g/mol. The fourth-order valence-electron chi connectivity index (χ4n) is 2.22. The number of nitrogens with one attached hydrogen (secondary N) is 1. The third-order valence-corrected chi connectivity index (χ3v) is 8.40. The Morgan fingerprint density at radius 2 is 1.61 bits per heavy atom. The van der Waals surface area contributed by atoms with Gasteiger partial charge in [0, 0.05) is 31.6 Å². The molecule has 0 radical (unpaired) electrons. The largest absolute Gasteiger partial charge is 0.490 e. The van der Waals surface area contributed by atoms with E-state index < -0.39 is 20.0 Å². The lowest BCUT2D eigenvalue weighted by atomic mass is 10.3. The van der Waals surface area contributed by atoms with Crippen LogP contribution in [0.4, 0.5) is 0 Å². The highest BCUT2D eigenvalue weighted by Crippen LogP contribution is 2.30. The molecule has 0 amide bonds. The first kappa shape index (κ1) is 22.6. The van der Waals surface area contributed by atoms with E-state index in [1.165, 1.54) is 32.3 Å². The standard InChI is InChI=1S/C17H24N2O6S3/c1-5-24-15-9-8-14(11-16(15)25-6-2)27(20,21)18-12-13-7-10-17(26-13)28(22,23)19(3)4/h7-11,18H,5-6,12H2,1-4H3. The van der Waals surface area contributed by atoms with Gasteiger partial charge in [-0.15, -0.1) is 11.3 Å². The highest BCUT2D eigenvalue weighted by atomic mass is 32.2. The van der Waals surface area contributed by atoms with Gasteiger partial charge in [-0.2, -0.15) is 0 Å². The Kier molecular flexibility index (Phi) is 7.46. The van der Waals surface area contributed by atoms with Crippen LogP contribution in [0.3, 0.4) is 0 Å². The van der Waals surface area contributed by atoms with E-state index in [9.17, 15) is 16.8 Å². The number of hydrogen-bond acceptors (Lipinski definition) is 7. The van der Waals surface area contributed by atoms with Crippen molar-refractivity contribution in [3.8, 4) is 11.5 Å². The molecule has 1 aromatic heterocycles. The van der Waals surface area contributed by atoms with Crippen molar-refractivity contribution in [1.82, 2.24) is 9.03 Å². The molecular formula is C17H24N2O6S3. The summed E-state index contributed by atoms with van der Waals surface area (Å²) in [5.41, 5.74) is 0. The summed E-state index contributed by atoms with van der Waals surface area (Å²) in [6.07, 6.45) is 0. The van der Waals surface area contributed by atoms with Crippen molar-refractivity contribution < 1.29 is 26.3 Å². The van der Waals surface area contributed by atoms with Crippen LogP contribution in [0.5, 0.6) is 11.5 Å². The Morgan fingerprint density at radius 1 is 0.964 bits per heavy atom. The molecule has 0 aliphatic rings. The highest BCUT2D eigenvalue weighted by molar-refractivity contribution is 7.91. The van der Waals surface area contributed by atoms with Crippen LogP contribution in [0.25, 0.3) is 0 Å². The van der Waals surface area contributed by atoms with Crippen LogP contribution in [0.1, 0.15) is 18.7 Å². The number of rotatable bonds is 10. The number of sulfonamides is 2. The maximum atomic E-state index is 12.6. The van der Waals surface area contributed by atoms with Crippen molar-refractivity contribution in [2.45, 2.75) is 29.5 Å². The quantitative estimate of drug-likeness (QED) is 0.598. The van der Waals surface area contributed by atoms with Gasteiger partial charge in [-0.25, -0.2) is 25.9 Å². The molecule has 11 heteroatoms. The molecule has 1 heterocycles. The molecule has 1 aromatic carbocycles. The molecule has 0 atom stereocenters. The van der Waals surface area contributed by atoms with E-state index in [0.717, 1.165) is 15.6 Å². The summed E-state index contributed by atoms with van der Waals surface area (Å²) in [6, 6.07) is 7.45. The Bertz CT molecular complexity index is 1010. The highest BCUT2D eigenvalue weighted by Gasteiger charge is 2.21. The van der Waals surface area contributed by atoms with Crippen LogP contribution in [0.15, 0.2) is 39.4 Å². The van der Waals surface area contributed by atoms with Gasteiger partial charge < -0.3 is 9.47 Å². The van der Waals surface area contributed by atoms with Crippen LogP contribution in [0, 0.1) is 0 Å². The van der Waals surface area contributed by atoms with E-state index in [1.54, 1.807) is 19.1 Å². The van der Waals surface area contributed by atoms with Crippen molar-refractivity contribution >= 4 is 31.4 Å². The predicted molar refractivity (Wildman–Crippen MR) is 108 cm³/mol. The van der Waals surface area contributed by atoms with Gasteiger partial charge in [-0.05, 0) is 38.1 Å². The molecule has 2 rings (SSSR count). The van der Waals surface area contributed by atoms with Crippen LogP contribution in [-0.2, 0) is 26.6 Å². The maximum Gasteiger partial charge on any atom is 0.252 e. The van der Waals surface area contributed by atoms with Crippen molar-refractivity contribution in [3.63, 3.8) is 0 Å². The zero-order valence-corrected chi connectivity index (χ0v) is 18.6. The first-order valence-corrected chi connectivity index (χ1v) is 12.3. The minimum Gasteiger partial charge on any atom is -0.490 e. The summed E-state index contributed by atoms with van der Waals surface area (Å²) >= 11 is 1.02. The van der Waals surface area contributed by atoms with Gasteiger partial charge in [0.2, 0.25) is 10.0 Å². The third-order valence-electron chi connectivity index (χ3n) is 3.63. The van der Waals surface area contributed by atoms with Crippen molar-refractivity contribution in [2.75, 3.05) is 27.3 Å². The Morgan fingerprint density at radius 3 is 2.21 bits per heavy atom. The Hall–Kier alpha value is -1.66. The molecule has 0 aliphatic carbocycles. The zero-order chi connectivity index (χ0) is 20.9. The lowest BCUT2D eigenvalue weighted by molar-refractivity contribution is 0.287. The van der Waals surface area contributed by atoms with Gasteiger partial charge in [-0.1, -0.05) is 0 Å². The average Bonchev–Trinajstić information content (AvgIpc) is 3.11. The summed E-state index contributed by atoms with van der Waals surface area (Å²) in [7, 11) is -4.46. The van der Waals surface area contributed by atoms with E-state index in [4.69, 9.17) is 9.47 Å². The smallest absolute Gasteiger partial charge is 0.252 e. The van der Waals surface area contributed by atoms with Crippen molar-refractivity contribution in [1.29, 1.82) is 0 Å². The van der Waals surface area contributed by atoms with Gasteiger partial charge in [0.25, 0.3) is 10.0 Å². The van der Waals surface area contributed by atoms with Crippen LogP contribution >= 0.6 is 11.3 Å². The monoisotopic (exact) mass is 448 g/mol. The van der Waals surface area contributed by atoms with Gasteiger partial charge in [0.1, 0.15) is 4.21 Å². The predicted octanol–water partition coefficient (Wildman–Crippen LogP) is 2.27. The number of benzene rings is 1. The second-order valence-electron chi connectivity index (χ2n) is 5.81. The zero-order valence-electron chi connectivity index (χ0n) is 16.1. The molecule has 0 spiro atoms. The van der Waals surface area contributed by atoms with Crippen molar-refractivity contribution in [3.05, 3.63) is 35.2 Å². The van der Waals surface area contributed by atoms with Gasteiger partial charge in [0.05, 0.1) is 18.1 Å². The molecule has 0 fully saturated rings.